The Morgan fingerprint density at radius 3 is 2.69 bits per heavy atom. The monoisotopic (exact) mass is 542 g/mol. The highest BCUT2D eigenvalue weighted by atomic mass is 35.5. The number of hydrogen-bond donors (Lipinski definition) is 1. The highest BCUT2D eigenvalue weighted by Crippen LogP contribution is 2.39. The molecule has 1 unspecified atom stereocenters. The summed E-state index contributed by atoms with van der Waals surface area (Å²) >= 11 is 6.34. The number of ether oxygens (including phenoxy) is 2. The van der Waals surface area contributed by atoms with E-state index < -0.39 is 0 Å². The van der Waals surface area contributed by atoms with Crippen molar-refractivity contribution in [2.45, 2.75) is 25.5 Å². The van der Waals surface area contributed by atoms with Gasteiger partial charge in [-0.2, -0.15) is 0 Å². The average Bonchev–Trinajstić information content (AvgIpc) is 3.62. The zero-order chi connectivity index (χ0) is 26.6. The Morgan fingerprint density at radius 1 is 1.05 bits per heavy atom. The van der Waals surface area contributed by atoms with Crippen LogP contribution in [0, 0.1) is 0 Å². The molecule has 1 atom stereocenters. The first-order chi connectivity index (χ1) is 19.2. The summed E-state index contributed by atoms with van der Waals surface area (Å²) in [5, 5.41) is 1.80. The fraction of sp³-hybridized carbons (Fsp3) is 0.290. The topological polar surface area (TPSA) is 70.2 Å². The standard InChI is InChI=1S/C31H31ClN4O3/c32-24-9-12-28-27(19-24)26-13-16-36(31(37)39-20-22-5-2-1-3-6-22)30(29(26)34-28)23-7-10-25(11-8-23)38-18-4-15-35-17-14-33-21-35/h1-3,5-12,19,21,30,34H,4,13-18,20H2. The summed E-state index contributed by atoms with van der Waals surface area (Å²) in [7, 11) is 0. The molecule has 1 amide bonds. The van der Waals surface area contributed by atoms with E-state index in [0.29, 0.717) is 18.2 Å². The van der Waals surface area contributed by atoms with E-state index in [1.54, 1.807) is 0 Å². The third kappa shape index (κ3) is 5.59. The molecule has 1 aromatic heterocycles. The fourth-order valence-corrected chi connectivity index (χ4v) is 5.57. The Bertz CT molecular complexity index is 1470. The molecule has 0 fully saturated rings. The SMILES string of the molecule is O=C(OCc1ccccc1)N1CCc2c([nH]c3ccc(Cl)cc23)C1c1ccc(OCCCN2C=NCC2)cc1. The first-order valence-electron chi connectivity index (χ1n) is 13.4. The number of fused-ring (bicyclic) bond motifs is 3. The van der Waals surface area contributed by atoms with Crippen molar-refractivity contribution >= 4 is 34.9 Å². The molecule has 6 rings (SSSR count). The number of halogens is 1. The van der Waals surface area contributed by atoms with Crippen LogP contribution in [0.3, 0.4) is 0 Å². The molecule has 0 aliphatic carbocycles. The van der Waals surface area contributed by atoms with Gasteiger partial charge in [-0.15, -0.1) is 0 Å². The van der Waals surface area contributed by atoms with Gasteiger partial charge in [-0.3, -0.25) is 9.89 Å². The van der Waals surface area contributed by atoms with E-state index in [-0.39, 0.29) is 18.7 Å². The molecule has 3 aromatic carbocycles. The van der Waals surface area contributed by atoms with Crippen LogP contribution in [0.5, 0.6) is 5.75 Å². The summed E-state index contributed by atoms with van der Waals surface area (Å²) < 4.78 is 11.8. The molecule has 0 spiro atoms. The molecule has 7 nitrogen and oxygen atoms in total. The minimum absolute atomic E-state index is 0.230. The summed E-state index contributed by atoms with van der Waals surface area (Å²) in [6.07, 6.45) is 3.23. The second-order valence-corrected chi connectivity index (χ2v) is 10.4. The Hall–Kier alpha value is -3.97. The Morgan fingerprint density at radius 2 is 1.90 bits per heavy atom. The lowest BCUT2D eigenvalue weighted by molar-refractivity contribution is 0.0832. The fourth-order valence-electron chi connectivity index (χ4n) is 5.40. The quantitative estimate of drug-likeness (QED) is 0.268. The lowest BCUT2D eigenvalue weighted by Gasteiger charge is -2.35. The summed E-state index contributed by atoms with van der Waals surface area (Å²) in [6.45, 7) is 4.22. The largest absolute Gasteiger partial charge is 0.494 e. The van der Waals surface area contributed by atoms with Crippen molar-refractivity contribution in [1.29, 1.82) is 0 Å². The zero-order valence-corrected chi connectivity index (χ0v) is 22.4. The van der Waals surface area contributed by atoms with Crippen LogP contribution in [0.4, 0.5) is 4.79 Å². The van der Waals surface area contributed by atoms with Crippen molar-refractivity contribution in [1.82, 2.24) is 14.8 Å². The predicted octanol–water partition coefficient (Wildman–Crippen LogP) is 6.22. The van der Waals surface area contributed by atoms with E-state index in [1.165, 1.54) is 5.56 Å². The smallest absolute Gasteiger partial charge is 0.410 e. The molecule has 0 saturated heterocycles. The third-order valence-corrected chi connectivity index (χ3v) is 7.58. The molecular weight excluding hydrogens is 512 g/mol. The number of aromatic nitrogens is 1. The molecule has 2 aliphatic rings. The highest BCUT2D eigenvalue weighted by molar-refractivity contribution is 6.31. The number of hydrogen-bond acceptors (Lipinski definition) is 5. The number of H-pyrrole nitrogens is 1. The van der Waals surface area contributed by atoms with Crippen molar-refractivity contribution in [2.24, 2.45) is 4.99 Å². The van der Waals surface area contributed by atoms with Crippen LogP contribution in [-0.4, -0.2) is 60.0 Å². The Labute approximate surface area is 233 Å². The number of benzene rings is 3. The maximum Gasteiger partial charge on any atom is 0.410 e. The van der Waals surface area contributed by atoms with E-state index in [0.717, 1.165) is 65.9 Å². The normalized spacial score (nSPS) is 16.5. The van der Waals surface area contributed by atoms with E-state index >= 15 is 0 Å². The average molecular weight is 543 g/mol. The van der Waals surface area contributed by atoms with Gasteiger partial charge in [0.25, 0.3) is 0 Å². The number of nitrogens with zero attached hydrogens (tertiary/aromatic N) is 3. The molecule has 0 radical (unpaired) electrons. The van der Waals surface area contributed by atoms with Crippen LogP contribution >= 0.6 is 11.6 Å². The molecule has 39 heavy (non-hydrogen) atoms. The molecule has 3 heterocycles. The molecule has 1 N–H and O–H groups in total. The van der Waals surface area contributed by atoms with Crippen molar-refractivity contribution < 1.29 is 14.3 Å². The zero-order valence-electron chi connectivity index (χ0n) is 21.7. The van der Waals surface area contributed by atoms with Gasteiger partial charge in [-0.05, 0) is 59.9 Å². The summed E-state index contributed by atoms with van der Waals surface area (Å²) in [6, 6.07) is 23.4. The van der Waals surface area contributed by atoms with Crippen LogP contribution in [0.1, 0.15) is 34.8 Å². The summed E-state index contributed by atoms with van der Waals surface area (Å²) in [5.41, 5.74) is 5.15. The minimum Gasteiger partial charge on any atom is -0.494 e. The van der Waals surface area contributed by atoms with Crippen LogP contribution in [-0.2, 0) is 17.8 Å². The van der Waals surface area contributed by atoms with E-state index in [4.69, 9.17) is 21.1 Å². The second-order valence-electron chi connectivity index (χ2n) is 9.92. The Balaban J connectivity index is 1.22. The second kappa shape index (κ2) is 11.4. The van der Waals surface area contributed by atoms with Crippen molar-refractivity contribution in [3.05, 3.63) is 100 Å². The number of aromatic amines is 1. The van der Waals surface area contributed by atoms with Gasteiger partial charge in [-0.25, -0.2) is 4.79 Å². The van der Waals surface area contributed by atoms with Gasteiger partial charge >= 0.3 is 6.09 Å². The van der Waals surface area contributed by atoms with Crippen LogP contribution in [0.15, 0.2) is 77.8 Å². The highest BCUT2D eigenvalue weighted by Gasteiger charge is 2.35. The molecule has 0 bridgehead atoms. The predicted molar refractivity (Wildman–Crippen MR) is 154 cm³/mol. The van der Waals surface area contributed by atoms with E-state index in [1.807, 2.05) is 84.0 Å². The number of rotatable bonds is 8. The van der Waals surface area contributed by atoms with Gasteiger partial charge in [0.15, 0.2) is 0 Å². The molecule has 2 aliphatic heterocycles. The maximum absolute atomic E-state index is 13.4. The van der Waals surface area contributed by atoms with Gasteiger partial charge in [0.1, 0.15) is 18.4 Å². The van der Waals surface area contributed by atoms with Gasteiger partial charge in [0, 0.05) is 41.3 Å². The first kappa shape index (κ1) is 25.3. The number of amides is 1. The maximum atomic E-state index is 13.4. The van der Waals surface area contributed by atoms with Gasteiger partial charge in [0.05, 0.1) is 19.5 Å². The van der Waals surface area contributed by atoms with E-state index in [9.17, 15) is 4.79 Å². The number of nitrogens with one attached hydrogen (secondary N) is 1. The van der Waals surface area contributed by atoms with Gasteiger partial charge in [-0.1, -0.05) is 54.1 Å². The molecule has 0 saturated carbocycles. The van der Waals surface area contributed by atoms with Gasteiger partial charge < -0.3 is 19.4 Å². The molecule has 200 valence electrons. The number of carbonyl (C=O) groups is 1. The van der Waals surface area contributed by atoms with E-state index in [2.05, 4.69) is 14.9 Å². The Kier molecular flexibility index (Phi) is 7.41. The van der Waals surface area contributed by atoms with Crippen molar-refractivity contribution in [2.75, 3.05) is 32.8 Å². The molecule has 8 heteroatoms. The van der Waals surface area contributed by atoms with Crippen molar-refractivity contribution in [3.8, 4) is 5.75 Å². The van der Waals surface area contributed by atoms with Crippen molar-refractivity contribution in [3.63, 3.8) is 0 Å². The lowest BCUT2D eigenvalue weighted by Crippen LogP contribution is -2.40. The molecule has 4 aromatic rings. The number of aliphatic imine (C=N–C) groups is 1. The lowest BCUT2D eigenvalue weighted by atomic mass is 9.92. The van der Waals surface area contributed by atoms with Crippen LogP contribution < -0.4 is 4.74 Å². The molecular formula is C31H31ClN4O3. The number of carbonyl (C=O) groups excluding carboxylic acids is 1. The summed E-state index contributed by atoms with van der Waals surface area (Å²) in [4.78, 5) is 25.3. The minimum atomic E-state index is -0.336. The third-order valence-electron chi connectivity index (χ3n) is 7.34. The first-order valence-corrected chi connectivity index (χ1v) is 13.8. The van der Waals surface area contributed by atoms with Crippen LogP contribution in [0.2, 0.25) is 5.02 Å². The van der Waals surface area contributed by atoms with Crippen LogP contribution in [0.25, 0.3) is 10.9 Å². The summed E-state index contributed by atoms with van der Waals surface area (Å²) in [5.74, 6) is 0.812. The van der Waals surface area contributed by atoms with Gasteiger partial charge in [0.2, 0.25) is 0 Å².